The lowest BCUT2D eigenvalue weighted by molar-refractivity contribution is -0.147. The Morgan fingerprint density at radius 2 is 1.89 bits per heavy atom. The molecule has 1 aliphatic rings. The van der Waals surface area contributed by atoms with Gasteiger partial charge in [0.15, 0.2) is 11.4 Å². The molecule has 1 aromatic carbocycles. The molecule has 0 aromatic heterocycles. The van der Waals surface area contributed by atoms with E-state index in [0.29, 0.717) is 6.42 Å². The van der Waals surface area contributed by atoms with Gasteiger partial charge in [-0.3, -0.25) is 4.79 Å². The molecule has 0 bridgehead atoms. The summed E-state index contributed by atoms with van der Waals surface area (Å²) in [7, 11) is -1.86. The summed E-state index contributed by atoms with van der Waals surface area (Å²) < 4.78 is 29.7. The van der Waals surface area contributed by atoms with Crippen LogP contribution in [-0.2, 0) is 25.2 Å². The maximum absolute atomic E-state index is 12.4. The highest BCUT2D eigenvalue weighted by Gasteiger charge is 2.45. The molecule has 0 aliphatic carbocycles. The summed E-state index contributed by atoms with van der Waals surface area (Å²) in [6, 6.07) is 9.20. The number of ketones is 1. The second kappa shape index (κ2) is 5.03. The number of benzene rings is 1. The van der Waals surface area contributed by atoms with E-state index < -0.39 is 15.6 Å². The van der Waals surface area contributed by atoms with Gasteiger partial charge in [-0.2, -0.15) is 4.31 Å². The molecule has 0 radical (unpaired) electrons. The Labute approximate surface area is 113 Å². The van der Waals surface area contributed by atoms with Crippen LogP contribution in [0.5, 0.6) is 0 Å². The summed E-state index contributed by atoms with van der Waals surface area (Å²) in [5.74, 6) is -0.224. The molecule has 5 nitrogen and oxygen atoms in total. The van der Waals surface area contributed by atoms with Gasteiger partial charge in [0.1, 0.15) is 0 Å². The van der Waals surface area contributed by atoms with E-state index in [1.54, 1.807) is 0 Å². The molecule has 0 spiro atoms. The van der Waals surface area contributed by atoms with Crippen molar-refractivity contribution in [2.24, 2.45) is 0 Å². The number of sulfonamides is 1. The maximum Gasteiger partial charge on any atom is 0.211 e. The van der Waals surface area contributed by atoms with Crippen LogP contribution < -0.4 is 0 Å². The van der Waals surface area contributed by atoms with E-state index in [9.17, 15) is 13.2 Å². The summed E-state index contributed by atoms with van der Waals surface area (Å²) in [5.41, 5.74) is -0.252. The Kier molecular flexibility index (Phi) is 3.75. The number of carbonyl (C=O) groups excluding carboxylic acids is 1. The quantitative estimate of drug-likeness (QED) is 0.821. The number of ether oxygens (including phenoxy) is 1. The van der Waals surface area contributed by atoms with E-state index in [2.05, 4.69) is 0 Å². The Balaban J connectivity index is 2.33. The predicted octanol–water partition coefficient (Wildman–Crippen LogP) is 0.763. The Morgan fingerprint density at radius 1 is 1.26 bits per heavy atom. The van der Waals surface area contributed by atoms with Crippen LogP contribution in [0.25, 0.3) is 0 Å². The number of piperidine rings is 1. The van der Waals surface area contributed by atoms with Crippen molar-refractivity contribution in [1.29, 1.82) is 0 Å². The molecule has 6 heteroatoms. The van der Waals surface area contributed by atoms with Crippen LogP contribution in [0.4, 0.5) is 0 Å². The van der Waals surface area contributed by atoms with Crippen LogP contribution in [0.1, 0.15) is 12.0 Å². The molecule has 1 fully saturated rings. The Morgan fingerprint density at radius 3 is 2.37 bits per heavy atom. The first-order chi connectivity index (χ1) is 8.90. The molecule has 1 unspecified atom stereocenters. The number of rotatable bonds is 3. The van der Waals surface area contributed by atoms with E-state index in [0.717, 1.165) is 11.8 Å². The van der Waals surface area contributed by atoms with E-state index in [1.807, 2.05) is 30.3 Å². The number of methoxy groups -OCH3 is 1. The number of hydrogen-bond donors (Lipinski definition) is 0. The molecular weight excluding hydrogens is 266 g/mol. The Hall–Kier alpha value is -1.24. The summed E-state index contributed by atoms with van der Waals surface area (Å²) in [6.45, 7) is 0.148. The van der Waals surface area contributed by atoms with Crippen molar-refractivity contribution in [3.63, 3.8) is 0 Å². The molecule has 0 saturated carbocycles. The van der Waals surface area contributed by atoms with Gasteiger partial charge in [0.05, 0.1) is 12.8 Å². The van der Waals surface area contributed by atoms with Crippen molar-refractivity contribution in [3.8, 4) is 0 Å². The van der Waals surface area contributed by atoms with Gasteiger partial charge >= 0.3 is 0 Å². The molecule has 1 aromatic rings. The van der Waals surface area contributed by atoms with Crippen molar-refractivity contribution in [2.75, 3.05) is 26.5 Å². The third kappa shape index (κ3) is 2.56. The summed E-state index contributed by atoms with van der Waals surface area (Å²) in [5, 5.41) is 0. The zero-order chi connectivity index (χ0) is 14.1. The lowest BCUT2D eigenvalue weighted by Gasteiger charge is -2.38. The topological polar surface area (TPSA) is 63.7 Å². The molecule has 0 amide bonds. The van der Waals surface area contributed by atoms with Crippen LogP contribution in [0.2, 0.25) is 0 Å². The van der Waals surface area contributed by atoms with Crippen LogP contribution in [0.3, 0.4) is 0 Å². The summed E-state index contributed by atoms with van der Waals surface area (Å²) in [4.78, 5) is 12.4. The molecule has 1 heterocycles. The van der Waals surface area contributed by atoms with Gasteiger partial charge in [-0.05, 0) is 5.56 Å². The molecule has 19 heavy (non-hydrogen) atoms. The van der Waals surface area contributed by atoms with E-state index >= 15 is 0 Å². The first kappa shape index (κ1) is 14.2. The van der Waals surface area contributed by atoms with Crippen LogP contribution in [0.15, 0.2) is 30.3 Å². The first-order valence-electron chi connectivity index (χ1n) is 5.99. The first-order valence-corrected chi connectivity index (χ1v) is 7.84. The fourth-order valence-electron chi connectivity index (χ4n) is 2.42. The van der Waals surface area contributed by atoms with Crippen molar-refractivity contribution in [2.45, 2.75) is 12.0 Å². The molecule has 1 aliphatic heterocycles. The van der Waals surface area contributed by atoms with E-state index in [1.165, 1.54) is 11.4 Å². The fraction of sp³-hybridized carbons (Fsp3) is 0.462. The van der Waals surface area contributed by atoms with Gasteiger partial charge in [0, 0.05) is 20.1 Å². The van der Waals surface area contributed by atoms with Gasteiger partial charge in [0.25, 0.3) is 0 Å². The van der Waals surface area contributed by atoms with Gasteiger partial charge in [0.2, 0.25) is 10.0 Å². The smallest absolute Gasteiger partial charge is 0.211 e. The SMILES string of the molecule is COC1(c2ccccc2)CCN(S(C)(=O)=O)CC1=O. The van der Waals surface area contributed by atoms with Crippen LogP contribution in [0, 0.1) is 0 Å². The fourth-order valence-corrected chi connectivity index (χ4v) is 3.19. The average Bonchev–Trinajstić information content (AvgIpc) is 2.39. The van der Waals surface area contributed by atoms with Gasteiger partial charge in [-0.15, -0.1) is 0 Å². The normalized spacial score (nSPS) is 25.5. The van der Waals surface area contributed by atoms with Gasteiger partial charge in [-0.25, -0.2) is 8.42 Å². The van der Waals surface area contributed by atoms with Crippen LogP contribution >= 0.6 is 0 Å². The molecule has 104 valence electrons. The molecule has 1 saturated heterocycles. The van der Waals surface area contributed by atoms with Gasteiger partial charge in [-0.1, -0.05) is 30.3 Å². The van der Waals surface area contributed by atoms with Crippen molar-refractivity contribution in [3.05, 3.63) is 35.9 Å². The second-order valence-electron chi connectivity index (χ2n) is 4.67. The largest absolute Gasteiger partial charge is 0.366 e. The predicted molar refractivity (Wildman–Crippen MR) is 71.2 cm³/mol. The summed E-state index contributed by atoms with van der Waals surface area (Å²) >= 11 is 0. The monoisotopic (exact) mass is 283 g/mol. The van der Waals surface area contributed by atoms with Crippen LogP contribution in [-0.4, -0.2) is 45.0 Å². The minimum atomic E-state index is -3.34. The van der Waals surface area contributed by atoms with Gasteiger partial charge < -0.3 is 4.74 Å². The maximum atomic E-state index is 12.4. The molecule has 1 atom stereocenters. The highest BCUT2D eigenvalue weighted by molar-refractivity contribution is 7.88. The number of carbonyl (C=O) groups is 1. The Bertz CT molecular complexity index is 570. The average molecular weight is 283 g/mol. The van der Waals surface area contributed by atoms with Crippen molar-refractivity contribution < 1.29 is 17.9 Å². The number of Topliss-reactive ketones (excluding diaryl/α,β-unsaturated/α-hetero) is 1. The highest BCUT2D eigenvalue weighted by atomic mass is 32.2. The summed E-state index contributed by atoms with van der Waals surface area (Å²) in [6.07, 6.45) is 1.45. The van der Waals surface area contributed by atoms with E-state index in [-0.39, 0.29) is 18.9 Å². The third-order valence-electron chi connectivity index (χ3n) is 3.54. The zero-order valence-electron chi connectivity index (χ0n) is 11.0. The van der Waals surface area contributed by atoms with Crippen molar-refractivity contribution >= 4 is 15.8 Å². The lowest BCUT2D eigenvalue weighted by atomic mass is 9.84. The highest BCUT2D eigenvalue weighted by Crippen LogP contribution is 2.34. The number of hydrogen-bond acceptors (Lipinski definition) is 4. The molecular formula is C13H17NO4S. The molecule has 2 rings (SSSR count). The second-order valence-corrected chi connectivity index (χ2v) is 6.65. The minimum absolute atomic E-state index is 0.137. The number of nitrogens with zero attached hydrogens (tertiary/aromatic N) is 1. The van der Waals surface area contributed by atoms with E-state index in [4.69, 9.17) is 4.74 Å². The molecule has 0 N–H and O–H groups in total. The minimum Gasteiger partial charge on any atom is -0.366 e. The zero-order valence-corrected chi connectivity index (χ0v) is 11.8. The van der Waals surface area contributed by atoms with Crippen molar-refractivity contribution in [1.82, 2.24) is 4.31 Å². The third-order valence-corrected chi connectivity index (χ3v) is 4.79. The lowest BCUT2D eigenvalue weighted by Crippen LogP contribution is -2.53. The standard InChI is InChI=1S/C13H17NO4S/c1-18-13(11-6-4-3-5-7-11)8-9-14(10-12(13)15)19(2,16)17/h3-7H,8-10H2,1-2H3.